The lowest BCUT2D eigenvalue weighted by molar-refractivity contribution is -0.142. The van der Waals surface area contributed by atoms with Crippen LogP contribution in [0, 0.1) is 18.8 Å². The van der Waals surface area contributed by atoms with E-state index in [0.717, 1.165) is 10.5 Å². The van der Waals surface area contributed by atoms with E-state index in [1.165, 1.54) is 4.90 Å². The first-order valence-electron chi connectivity index (χ1n) is 10.2. The lowest BCUT2D eigenvalue weighted by atomic mass is 9.86. The maximum absolute atomic E-state index is 13.3. The van der Waals surface area contributed by atoms with Gasteiger partial charge in [-0.15, -0.1) is 0 Å². The normalized spacial score (nSPS) is 25.0. The quantitative estimate of drug-likeness (QED) is 0.737. The number of para-hydroxylation sites is 1. The molecule has 8 heteroatoms. The molecule has 4 rings (SSSR count). The Labute approximate surface area is 180 Å². The first-order chi connectivity index (χ1) is 14.8. The number of primary amides is 1. The number of nitrogens with two attached hydrogens (primary N) is 1. The van der Waals surface area contributed by atoms with Crippen LogP contribution in [0.25, 0.3) is 0 Å². The van der Waals surface area contributed by atoms with Crippen LogP contribution >= 0.6 is 0 Å². The van der Waals surface area contributed by atoms with Gasteiger partial charge in [0.25, 0.3) is 0 Å². The van der Waals surface area contributed by atoms with Crippen LogP contribution in [0.4, 0.5) is 10.5 Å². The average molecular weight is 420 g/mol. The molecule has 2 heterocycles. The monoisotopic (exact) mass is 420 g/mol. The zero-order chi connectivity index (χ0) is 22.3. The van der Waals surface area contributed by atoms with E-state index in [-0.39, 0.29) is 12.5 Å². The van der Waals surface area contributed by atoms with E-state index in [9.17, 15) is 19.2 Å². The summed E-state index contributed by atoms with van der Waals surface area (Å²) in [4.78, 5) is 54.5. The Morgan fingerprint density at radius 2 is 1.58 bits per heavy atom. The second-order valence-corrected chi connectivity index (χ2v) is 7.88. The van der Waals surface area contributed by atoms with Gasteiger partial charge in [-0.2, -0.15) is 0 Å². The first kappa shape index (κ1) is 20.6. The van der Waals surface area contributed by atoms with Crippen LogP contribution in [0.1, 0.15) is 24.1 Å². The molecule has 0 saturated carbocycles. The van der Waals surface area contributed by atoms with Gasteiger partial charge >= 0.3 is 6.03 Å². The van der Waals surface area contributed by atoms with Crippen LogP contribution in [0.15, 0.2) is 54.6 Å². The molecule has 5 amide bonds. The average Bonchev–Trinajstić information content (AvgIpc) is 3.22. The van der Waals surface area contributed by atoms with Gasteiger partial charge in [-0.05, 0) is 31.5 Å². The number of hydrogen-bond acceptors (Lipinski definition) is 4. The highest BCUT2D eigenvalue weighted by molar-refractivity contribution is 6.10. The molecular formula is C23H24N4O4. The Bertz CT molecular complexity index is 1040. The van der Waals surface area contributed by atoms with Gasteiger partial charge in [0.05, 0.1) is 17.9 Å². The maximum Gasteiger partial charge on any atom is 0.323 e. The van der Waals surface area contributed by atoms with Gasteiger partial charge < -0.3 is 16.0 Å². The highest BCUT2D eigenvalue weighted by Gasteiger charge is 2.64. The van der Waals surface area contributed by atoms with Crippen molar-refractivity contribution in [2.45, 2.75) is 25.9 Å². The Morgan fingerprint density at radius 1 is 0.968 bits per heavy atom. The number of carbonyl (C=O) groups is 4. The van der Waals surface area contributed by atoms with E-state index in [1.807, 2.05) is 37.3 Å². The van der Waals surface area contributed by atoms with E-state index >= 15 is 0 Å². The molecular weight excluding hydrogens is 396 g/mol. The minimum absolute atomic E-state index is 0.201. The fourth-order valence-electron chi connectivity index (χ4n) is 4.68. The van der Waals surface area contributed by atoms with Crippen molar-refractivity contribution in [2.75, 3.05) is 11.9 Å². The summed E-state index contributed by atoms with van der Waals surface area (Å²) in [7, 11) is 0. The fraction of sp³-hybridized carbons (Fsp3) is 0.304. The van der Waals surface area contributed by atoms with Gasteiger partial charge in [-0.25, -0.2) is 4.79 Å². The molecule has 4 atom stereocenters. The van der Waals surface area contributed by atoms with E-state index < -0.39 is 41.8 Å². The molecule has 2 aromatic rings. The van der Waals surface area contributed by atoms with E-state index in [1.54, 1.807) is 31.2 Å². The summed E-state index contributed by atoms with van der Waals surface area (Å²) < 4.78 is 0. The molecule has 2 aliphatic heterocycles. The van der Waals surface area contributed by atoms with Gasteiger partial charge in [-0.1, -0.05) is 48.0 Å². The lowest BCUT2D eigenvalue weighted by Gasteiger charge is -2.32. The number of anilines is 1. The largest absolute Gasteiger partial charge is 0.368 e. The maximum atomic E-state index is 13.3. The summed E-state index contributed by atoms with van der Waals surface area (Å²) in [5, 5.41) is 2.77. The lowest BCUT2D eigenvalue weighted by Crippen LogP contribution is -2.51. The molecule has 2 aromatic carbocycles. The number of imide groups is 1. The van der Waals surface area contributed by atoms with Crippen molar-refractivity contribution in [1.82, 2.24) is 9.80 Å². The third-order valence-corrected chi connectivity index (χ3v) is 6.06. The number of rotatable bonds is 4. The van der Waals surface area contributed by atoms with Gasteiger partial charge in [0, 0.05) is 12.2 Å². The predicted molar refractivity (Wildman–Crippen MR) is 114 cm³/mol. The van der Waals surface area contributed by atoms with Gasteiger partial charge in [-0.3, -0.25) is 19.3 Å². The van der Waals surface area contributed by atoms with Gasteiger partial charge in [0.2, 0.25) is 17.7 Å². The Morgan fingerprint density at radius 3 is 2.16 bits per heavy atom. The van der Waals surface area contributed by atoms with E-state index in [2.05, 4.69) is 5.32 Å². The Kier molecular flexibility index (Phi) is 5.22. The standard InChI is InChI=1S/C23H24N4O4/c1-3-26-21(29)16-17(22(26)30)19(20(24)28)27(18(16)14-11-9-13(2)10-12-14)23(31)25-15-7-5-4-6-8-15/h4-12,16-19H,3H2,1-2H3,(H2,24,28)(H,25,31). The number of carbonyl (C=O) groups excluding carboxylic acids is 4. The molecule has 3 N–H and O–H groups in total. The number of nitrogens with one attached hydrogen (secondary N) is 1. The predicted octanol–water partition coefficient (Wildman–Crippen LogP) is 2.06. The van der Waals surface area contributed by atoms with Crippen LogP contribution in [0.2, 0.25) is 0 Å². The van der Waals surface area contributed by atoms with Crippen LogP contribution < -0.4 is 11.1 Å². The smallest absolute Gasteiger partial charge is 0.323 e. The molecule has 2 fully saturated rings. The molecule has 0 aliphatic carbocycles. The minimum atomic E-state index is -1.23. The third-order valence-electron chi connectivity index (χ3n) is 6.06. The number of amides is 5. The number of aryl methyl sites for hydroxylation is 1. The molecule has 8 nitrogen and oxygen atoms in total. The number of nitrogens with zero attached hydrogens (tertiary/aromatic N) is 2. The van der Waals surface area contributed by atoms with Crippen LogP contribution in [0.3, 0.4) is 0 Å². The van der Waals surface area contributed by atoms with Crippen molar-refractivity contribution < 1.29 is 19.2 Å². The topological polar surface area (TPSA) is 113 Å². The van der Waals surface area contributed by atoms with Crippen molar-refractivity contribution >= 4 is 29.4 Å². The second kappa shape index (κ2) is 7.86. The highest BCUT2D eigenvalue weighted by atomic mass is 16.2. The summed E-state index contributed by atoms with van der Waals surface area (Å²) in [6.07, 6.45) is 0. The summed E-state index contributed by atoms with van der Waals surface area (Å²) in [6.45, 7) is 3.83. The highest BCUT2D eigenvalue weighted by Crippen LogP contribution is 2.50. The molecule has 0 spiro atoms. The molecule has 2 saturated heterocycles. The summed E-state index contributed by atoms with van der Waals surface area (Å²) in [5.74, 6) is -3.53. The van der Waals surface area contributed by atoms with Crippen LogP contribution in [0.5, 0.6) is 0 Å². The van der Waals surface area contributed by atoms with Gasteiger partial charge in [0.15, 0.2) is 0 Å². The SMILES string of the molecule is CCN1C(=O)C2C(C1=O)C(c1ccc(C)cc1)N(C(=O)Nc1ccccc1)C2C(N)=O. The molecule has 0 radical (unpaired) electrons. The molecule has 0 bridgehead atoms. The van der Waals surface area contributed by atoms with Crippen molar-refractivity contribution in [3.8, 4) is 0 Å². The van der Waals surface area contributed by atoms with Crippen molar-refractivity contribution in [3.05, 3.63) is 65.7 Å². The zero-order valence-corrected chi connectivity index (χ0v) is 17.3. The number of hydrogen-bond donors (Lipinski definition) is 2. The third kappa shape index (κ3) is 3.34. The van der Waals surface area contributed by atoms with Crippen molar-refractivity contribution in [2.24, 2.45) is 17.6 Å². The number of likely N-dealkylation sites (tertiary alicyclic amines) is 2. The molecule has 160 valence electrons. The number of benzene rings is 2. The summed E-state index contributed by atoms with van der Waals surface area (Å²) in [5.41, 5.74) is 7.90. The minimum Gasteiger partial charge on any atom is -0.368 e. The first-order valence-corrected chi connectivity index (χ1v) is 10.2. The molecule has 2 aliphatic rings. The van der Waals surface area contributed by atoms with Crippen molar-refractivity contribution in [3.63, 3.8) is 0 Å². The second-order valence-electron chi connectivity index (χ2n) is 7.88. The fourth-order valence-corrected chi connectivity index (χ4v) is 4.68. The number of fused-ring (bicyclic) bond motifs is 1. The van der Waals surface area contributed by atoms with Crippen LogP contribution in [-0.2, 0) is 14.4 Å². The summed E-state index contributed by atoms with van der Waals surface area (Å²) >= 11 is 0. The Balaban J connectivity index is 1.82. The van der Waals surface area contributed by atoms with Crippen molar-refractivity contribution in [1.29, 1.82) is 0 Å². The van der Waals surface area contributed by atoms with Crippen LogP contribution in [-0.4, -0.2) is 46.1 Å². The van der Waals surface area contributed by atoms with Gasteiger partial charge in [0.1, 0.15) is 6.04 Å². The number of urea groups is 1. The van der Waals surface area contributed by atoms with E-state index in [0.29, 0.717) is 11.3 Å². The zero-order valence-electron chi connectivity index (χ0n) is 17.3. The van der Waals surface area contributed by atoms with E-state index in [4.69, 9.17) is 5.73 Å². The summed E-state index contributed by atoms with van der Waals surface area (Å²) in [6, 6.07) is 13.5. The Hall–Kier alpha value is -3.68. The molecule has 4 unspecified atom stereocenters. The molecule has 0 aromatic heterocycles. The molecule has 31 heavy (non-hydrogen) atoms.